The molecule has 0 atom stereocenters. The molecule has 102 valence electrons. The van der Waals surface area contributed by atoms with Gasteiger partial charge in [-0.05, 0) is 31.5 Å². The Morgan fingerprint density at radius 1 is 1.35 bits per heavy atom. The fraction of sp³-hybridized carbons (Fsp3) is 0.143. The van der Waals surface area contributed by atoms with Crippen LogP contribution in [-0.4, -0.2) is 10.9 Å². The van der Waals surface area contributed by atoms with Gasteiger partial charge in [0.1, 0.15) is 16.7 Å². The van der Waals surface area contributed by atoms with E-state index in [0.717, 1.165) is 5.56 Å². The molecule has 6 heteroatoms. The highest BCUT2D eigenvalue weighted by molar-refractivity contribution is 6.12. The van der Waals surface area contributed by atoms with Gasteiger partial charge in [0.25, 0.3) is 0 Å². The number of oxime groups is 1. The molecule has 0 radical (unpaired) electrons. The number of nitrogen functional groups attached to an aromatic ring is 1. The third-order valence-corrected chi connectivity index (χ3v) is 3.21. The molecule has 0 saturated heterocycles. The van der Waals surface area contributed by atoms with Gasteiger partial charge in [0.15, 0.2) is 11.3 Å². The van der Waals surface area contributed by atoms with Gasteiger partial charge < -0.3 is 19.8 Å². The van der Waals surface area contributed by atoms with E-state index in [0.29, 0.717) is 16.6 Å². The number of anilines is 1. The van der Waals surface area contributed by atoms with E-state index < -0.39 is 5.63 Å². The molecular weight excluding hydrogens is 260 g/mol. The molecule has 0 fully saturated rings. The Hall–Kier alpha value is -2.76. The molecule has 0 unspecified atom stereocenters. The third-order valence-electron chi connectivity index (χ3n) is 3.21. The van der Waals surface area contributed by atoms with Crippen molar-refractivity contribution in [2.45, 2.75) is 13.8 Å². The third kappa shape index (κ3) is 1.58. The summed E-state index contributed by atoms with van der Waals surface area (Å²) in [5.74, 6) is 0.169. The van der Waals surface area contributed by atoms with Crippen LogP contribution in [0.15, 0.2) is 37.0 Å². The van der Waals surface area contributed by atoms with E-state index in [1.54, 1.807) is 12.1 Å². The van der Waals surface area contributed by atoms with E-state index in [1.165, 1.54) is 6.92 Å². The smallest absolute Gasteiger partial charge is 0.349 e. The summed E-state index contributed by atoms with van der Waals surface area (Å²) in [5.41, 5.74) is 7.37. The van der Waals surface area contributed by atoms with Crippen molar-refractivity contribution < 1.29 is 14.0 Å². The van der Waals surface area contributed by atoms with Crippen molar-refractivity contribution in [1.82, 2.24) is 0 Å². The van der Waals surface area contributed by atoms with Crippen LogP contribution in [0.3, 0.4) is 0 Å². The monoisotopic (exact) mass is 272 g/mol. The summed E-state index contributed by atoms with van der Waals surface area (Å²) in [6.45, 7) is 3.43. The van der Waals surface area contributed by atoms with Gasteiger partial charge >= 0.3 is 5.63 Å². The Bertz CT molecular complexity index is 918. The molecule has 3 N–H and O–H groups in total. The average Bonchev–Trinajstić information content (AvgIpc) is 2.76. The first kappa shape index (κ1) is 12.3. The minimum absolute atomic E-state index is 0.117. The van der Waals surface area contributed by atoms with Gasteiger partial charge in [0, 0.05) is 0 Å². The first-order chi connectivity index (χ1) is 9.52. The van der Waals surface area contributed by atoms with Crippen LogP contribution in [0.2, 0.25) is 0 Å². The van der Waals surface area contributed by atoms with Crippen molar-refractivity contribution in [3.63, 3.8) is 0 Å². The number of nitrogens with zero attached hydrogens (tertiary/aromatic N) is 1. The number of furan rings is 1. The maximum absolute atomic E-state index is 12.0. The van der Waals surface area contributed by atoms with Gasteiger partial charge in [-0.3, -0.25) is 0 Å². The zero-order chi connectivity index (χ0) is 14.4. The molecule has 0 saturated carbocycles. The lowest BCUT2D eigenvalue weighted by Gasteiger charge is -1.98. The van der Waals surface area contributed by atoms with Crippen molar-refractivity contribution in [3.8, 4) is 0 Å². The second-order valence-electron chi connectivity index (χ2n) is 4.62. The summed E-state index contributed by atoms with van der Waals surface area (Å²) in [5, 5.41) is 12.7. The van der Waals surface area contributed by atoms with Crippen LogP contribution in [0.5, 0.6) is 0 Å². The van der Waals surface area contributed by atoms with Crippen molar-refractivity contribution in [3.05, 3.63) is 39.9 Å². The van der Waals surface area contributed by atoms with E-state index in [-0.39, 0.29) is 22.5 Å². The van der Waals surface area contributed by atoms with E-state index >= 15 is 0 Å². The van der Waals surface area contributed by atoms with Crippen molar-refractivity contribution in [1.29, 1.82) is 0 Å². The van der Waals surface area contributed by atoms with Crippen LogP contribution in [0.4, 0.5) is 5.69 Å². The van der Waals surface area contributed by atoms with E-state index in [2.05, 4.69) is 5.16 Å². The number of fused-ring (bicyclic) bond motifs is 3. The maximum Gasteiger partial charge on any atom is 0.349 e. The summed E-state index contributed by atoms with van der Waals surface area (Å²) >= 11 is 0. The van der Waals surface area contributed by atoms with Gasteiger partial charge in [-0.2, -0.15) is 0 Å². The highest BCUT2D eigenvalue weighted by atomic mass is 16.4. The second kappa shape index (κ2) is 4.12. The van der Waals surface area contributed by atoms with Crippen LogP contribution in [0.25, 0.3) is 21.9 Å². The highest BCUT2D eigenvalue weighted by Crippen LogP contribution is 2.32. The lowest BCUT2D eigenvalue weighted by molar-refractivity contribution is 0.318. The van der Waals surface area contributed by atoms with Crippen LogP contribution in [-0.2, 0) is 0 Å². The molecule has 1 aromatic carbocycles. The Morgan fingerprint density at radius 2 is 2.10 bits per heavy atom. The predicted molar refractivity (Wildman–Crippen MR) is 75.4 cm³/mol. The predicted octanol–water partition coefficient (Wildman–Crippen LogP) is 2.63. The molecule has 0 aliphatic carbocycles. The standard InChI is InChI=1S/C14H12N2O4/c1-6-3-4-8-9(5-6)19-14(17)10-11(15)12(7(2)16-18)20-13(8)10/h3-5,18H,15H2,1-2H3/b16-7+. The topological polar surface area (TPSA) is 102 Å². The summed E-state index contributed by atoms with van der Waals surface area (Å²) in [4.78, 5) is 12.0. The van der Waals surface area contributed by atoms with Gasteiger partial charge in [0.2, 0.25) is 0 Å². The number of hydrogen-bond donors (Lipinski definition) is 2. The lowest BCUT2D eigenvalue weighted by atomic mass is 10.1. The van der Waals surface area contributed by atoms with Crippen LogP contribution in [0.1, 0.15) is 18.2 Å². The fourth-order valence-electron chi connectivity index (χ4n) is 2.20. The molecule has 0 spiro atoms. The second-order valence-corrected chi connectivity index (χ2v) is 4.62. The average molecular weight is 272 g/mol. The van der Waals surface area contributed by atoms with Crippen LogP contribution >= 0.6 is 0 Å². The van der Waals surface area contributed by atoms with E-state index in [9.17, 15) is 4.79 Å². The molecule has 0 aliphatic heterocycles. The van der Waals surface area contributed by atoms with E-state index in [1.807, 2.05) is 13.0 Å². The molecule has 3 rings (SSSR count). The number of aryl methyl sites for hydroxylation is 1. The summed E-state index contributed by atoms with van der Waals surface area (Å²) < 4.78 is 10.9. The molecule has 3 aromatic rings. The molecule has 0 amide bonds. The summed E-state index contributed by atoms with van der Waals surface area (Å²) in [6.07, 6.45) is 0. The molecule has 0 aliphatic rings. The number of hydrogen-bond acceptors (Lipinski definition) is 6. The Kier molecular flexibility index (Phi) is 2.53. The number of nitrogens with two attached hydrogens (primary N) is 1. The lowest BCUT2D eigenvalue weighted by Crippen LogP contribution is -2.03. The van der Waals surface area contributed by atoms with Gasteiger partial charge in [-0.1, -0.05) is 11.2 Å². The minimum Gasteiger partial charge on any atom is -0.451 e. The highest BCUT2D eigenvalue weighted by Gasteiger charge is 2.20. The zero-order valence-corrected chi connectivity index (χ0v) is 10.9. The molecule has 2 aromatic heterocycles. The van der Waals surface area contributed by atoms with E-state index in [4.69, 9.17) is 19.8 Å². The van der Waals surface area contributed by atoms with Gasteiger partial charge in [0.05, 0.1) is 11.1 Å². The minimum atomic E-state index is -0.573. The number of rotatable bonds is 1. The Morgan fingerprint density at radius 3 is 2.80 bits per heavy atom. The quantitative estimate of drug-likeness (QED) is 0.307. The SMILES string of the molecule is C/C(=N\O)c1oc2c(c1N)c(=O)oc1cc(C)ccc12. The molecule has 0 bridgehead atoms. The first-order valence-corrected chi connectivity index (χ1v) is 5.97. The molecule has 6 nitrogen and oxygen atoms in total. The van der Waals surface area contributed by atoms with Crippen molar-refractivity contribution >= 4 is 33.3 Å². The zero-order valence-electron chi connectivity index (χ0n) is 10.9. The summed E-state index contributed by atoms with van der Waals surface area (Å²) in [7, 11) is 0. The first-order valence-electron chi connectivity index (χ1n) is 5.97. The van der Waals surface area contributed by atoms with Gasteiger partial charge in [-0.25, -0.2) is 4.79 Å². The Labute approximate surface area is 113 Å². The summed E-state index contributed by atoms with van der Waals surface area (Å²) in [6, 6.07) is 5.43. The normalized spacial score (nSPS) is 12.4. The number of benzene rings is 1. The molecule has 2 heterocycles. The van der Waals surface area contributed by atoms with Gasteiger partial charge in [-0.15, -0.1) is 0 Å². The van der Waals surface area contributed by atoms with Crippen LogP contribution < -0.4 is 11.4 Å². The molecule has 20 heavy (non-hydrogen) atoms. The Balaban J connectivity index is 2.54. The fourth-order valence-corrected chi connectivity index (χ4v) is 2.20. The van der Waals surface area contributed by atoms with Crippen LogP contribution in [0, 0.1) is 6.92 Å². The van der Waals surface area contributed by atoms with Crippen molar-refractivity contribution in [2.24, 2.45) is 5.16 Å². The molecular formula is C14H12N2O4. The maximum atomic E-state index is 12.0. The van der Waals surface area contributed by atoms with Crippen molar-refractivity contribution in [2.75, 3.05) is 5.73 Å². The largest absolute Gasteiger partial charge is 0.451 e.